The Bertz CT molecular complexity index is 487. The van der Waals surface area contributed by atoms with Crippen molar-refractivity contribution in [2.75, 3.05) is 6.61 Å². The minimum Gasteiger partial charge on any atom is -0.494 e. The lowest BCUT2D eigenvalue weighted by molar-refractivity contribution is 0.317. The van der Waals surface area contributed by atoms with Gasteiger partial charge in [-0.2, -0.15) is 0 Å². The third-order valence-corrected chi connectivity index (χ3v) is 2.77. The average Bonchev–Trinajstić information content (AvgIpc) is 2.48. The van der Waals surface area contributed by atoms with E-state index in [4.69, 9.17) is 10.6 Å². The van der Waals surface area contributed by atoms with Crippen LogP contribution in [-0.4, -0.2) is 16.6 Å². The van der Waals surface area contributed by atoms with Gasteiger partial charge in [-0.3, -0.25) is 5.84 Å². The zero-order valence-electron chi connectivity index (χ0n) is 10.9. The maximum atomic E-state index is 5.62. The maximum Gasteiger partial charge on any atom is 0.119 e. The number of ether oxygens (including phenoxy) is 1. The lowest BCUT2D eigenvalue weighted by atomic mass is 10.0. The molecule has 2 rings (SSSR count). The minimum absolute atomic E-state index is 0.124. The summed E-state index contributed by atoms with van der Waals surface area (Å²) >= 11 is 0. The Labute approximate surface area is 112 Å². The Morgan fingerprint density at radius 2 is 1.84 bits per heavy atom. The monoisotopic (exact) mass is 258 g/mol. The van der Waals surface area contributed by atoms with Crippen molar-refractivity contribution in [3.63, 3.8) is 0 Å². The zero-order valence-corrected chi connectivity index (χ0v) is 10.9. The minimum atomic E-state index is -0.124. The van der Waals surface area contributed by atoms with E-state index < -0.39 is 0 Å². The molecule has 1 atom stereocenters. The predicted molar refractivity (Wildman–Crippen MR) is 73.4 cm³/mol. The van der Waals surface area contributed by atoms with Crippen LogP contribution in [-0.2, 0) is 0 Å². The molecule has 0 spiro atoms. The fraction of sp³-hybridized carbons (Fsp3) is 0.286. The summed E-state index contributed by atoms with van der Waals surface area (Å²) in [6.07, 6.45) is 5.99. The highest BCUT2D eigenvalue weighted by Gasteiger charge is 2.12. The Morgan fingerprint density at radius 3 is 2.42 bits per heavy atom. The molecule has 5 heteroatoms. The molecule has 0 bridgehead atoms. The molecule has 100 valence electrons. The van der Waals surface area contributed by atoms with E-state index in [1.807, 2.05) is 24.3 Å². The zero-order chi connectivity index (χ0) is 13.5. The largest absolute Gasteiger partial charge is 0.494 e. The van der Waals surface area contributed by atoms with Gasteiger partial charge in [-0.05, 0) is 24.1 Å². The first-order chi connectivity index (χ1) is 9.35. The second-order valence-corrected chi connectivity index (χ2v) is 4.19. The van der Waals surface area contributed by atoms with Gasteiger partial charge in [-0.25, -0.2) is 15.4 Å². The number of nitrogens with zero attached hydrogens (tertiary/aromatic N) is 2. The van der Waals surface area contributed by atoms with Crippen LogP contribution in [0.4, 0.5) is 0 Å². The average molecular weight is 258 g/mol. The normalized spacial score (nSPS) is 12.1. The number of aromatic nitrogens is 2. The van der Waals surface area contributed by atoms with Crippen molar-refractivity contribution in [3.05, 3.63) is 54.1 Å². The molecule has 0 aliphatic heterocycles. The Hall–Kier alpha value is -1.98. The number of nitrogens with one attached hydrogen (secondary N) is 1. The fourth-order valence-corrected chi connectivity index (χ4v) is 1.82. The van der Waals surface area contributed by atoms with E-state index in [1.54, 1.807) is 12.4 Å². The van der Waals surface area contributed by atoms with Gasteiger partial charge < -0.3 is 4.74 Å². The lowest BCUT2D eigenvalue weighted by Gasteiger charge is -2.16. The van der Waals surface area contributed by atoms with Crippen LogP contribution >= 0.6 is 0 Å². The maximum absolute atomic E-state index is 5.62. The van der Waals surface area contributed by atoms with Gasteiger partial charge in [-0.1, -0.05) is 19.1 Å². The van der Waals surface area contributed by atoms with Gasteiger partial charge in [0.05, 0.1) is 12.6 Å². The molecular formula is C14H18N4O. The van der Waals surface area contributed by atoms with Gasteiger partial charge in [0.15, 0.2) is 0 Å². The Balaban J connectivity index is 2.15. The van der Waals surface area contributed by atoms with Crippen molar-refractivity contribution >= 4 is 0 Å². The van der Waals surface area contributed by atoms with Crippen LogP contribution in [0.5, 0.6) is 5.75 Å². The van der Waals surface area contributed by atoms with E-state index in [1.165, 1.54) is 6.33 Å². The van der Waals surface area contributed by atoms with E-state index in [9.17, 15) is 0 Å². The number of rotatable bonds is 6. The van der Waals surface area contributed by atoms with E-state index in [2.05, 4.69) is 22.3 Å². The predicted octanol–water partition coefficient (Wildman–Crippen LogP) is 1.82. The SMILES string of the molecule is CCCOc1ccc(C(NN)c2cncnc2)cc1. The standard InChI is InChI=1S/C14H18N4O/c1-2-7-19-13-5-3-11(4-6-13)14(18-15)12-8-16-10-17-9-12/h3-6,8-10,14,18H,2,7,15H2,1H3. The first-order valence-corrected chi connectivity index (χ1v) is 6.29. The molecule has 1 aromatic heterocycles. The number of benzene rings is 1. The number of hydrogen-bond acceptors (Lipinski definition) is 5. The Kier molecular flexibility index (Phi) is 4.83. The third-order valence-electron chi connectivity index (χ3n) is 2.77. The smallest absolute Gasteiger partial charge is 0.119 e. The van der Waals surface area contributed by atoms with Crippen LogP contribution in [0.15, 0.2) is 43.0 Å². The molecule has 0 aliphatic rings. The van der Waals surface area contributed by atoms with Crippen LogP contribution in [0.3, 0.4) is 0 Å². The first-order valence-electron chi connectivity index (χ1n) is 6.29. The molecule has 0 radical (unpaired) electrons. The molecule has 1 aromatic carbocycles. The van der Waals surface area contributed by atoms with E-state index in [-0.39, 0.29) is 6.04 Å². The summed E-state index contributed by atoms with van der Waals surface area (Å²) in [4.78, 5) is 8.01. The van der Waals surface area contributed by atoms with Crippen LogP contribution in [0.1, 0.15) is 30.5 Å². The molecule has 0 aliphatic carbocycles. The second kappa shape index (κ2) is 6.82. The lowest BCUT2D eigenvalue weighted by Crippen LogP contribution is -2.29. The van der Waals surface area contributed by atoms with Crippen LogP contribution < -0.4 is 16.0 Å². The van der Waals surface area contributed by atoms with E-state index in [0.29, 0.717) is 0 Å². The van der Waals surface area contributed by atoms with Gasteiger partial charge >= 0.3 is 0 Å². The molecule has 3 N–H and O–H groups in total. The summed E-state index contributed by atoms with van der Waals surface area (Å²) < 4.78 is 5.55. The molecule has 0 saturated heterocycles. The van der Waals surface area contributed by atoms with Crippen LogP contribution in [0.2, 0.25) is 0 Å². The quantitative estimate of drug-likeness (QED) is 0.610. The van der Waals surface area contributed by atoms with Gasteiger partial charge in [0.2, 0.25) is 0 Å². The van der Waals surface area contributed by atoms with Crippen LogP contribution in [0.25, 0.3) is 0 Å². The van der Waals surface area contributed by atoms with Crippen molar-refractivity contribution < 1.29 is 4.74 Å². The molecule has 19 heavy (non-hydrogen) atoms. The summed E-state index contributed by atoms with van der Waals surface area (Å²) in [6.45, 7) is 2.81. The van der Waals surface area contributed by atoms with Crippen molar-refractivity contribution in [2.24, 2.45) is 5.84 Å². The van der Waals surface area contributed by atoms with E-state index in [0.717, 1.165) is 29.9 Å². The topological polar surface area (TPSA) is 73.1 Å². The third kappa shape index (κ3) is 3.49. The fourth-order valence-electron chi connectivity index (χ4n) is 1.82. The highest BCUT2D eigenvalue weighted by Crippen LogP contribution is 2.22. The summed E-state index contributed by atoms with van der Waals surface area (Å²) in [6, 6.07) is 7.74. The summed E-state index contributed by atoms with van der Waals surface area (Å²) in [5.74, 6) is 6.48. The number of nitrogens with two attached hydrogens (primary N) is 1. The molecule has 0 fully saturated rings. The molecule has 1 unspecified atom stereocenters. The number of hydrazine groups is 1. The molecule has 5 nitrogen and oxygen atoms in total. The highest BCUT2D eigenvalue weighted by atomic mass is 16.5. The van der Waals surface area contributed by atoms with Gasteiger partial charge in [0.25, 0.3) is 0 Å². The first kappa shape index (κ1) is 13.5. The molecule has 1 heterocycles. The molecule has 0 amide bonds. The summed E-state index contributed by atoms with van der Waals surface area (Å²) in [5, 5.41) is 0. The second-order valence-electron chi connectivity index (χ2n) is 4.19. The molecular weight excluding hydrogens is 240 g/mol. The van der Waals surface area contributed by atoms with Gasteiger partial charge in [0.1, 0.15) is 12.1 Å². The van der Waals surface area contributed by atoms with Gasteiger partial charge in [-0.15, -0.1) is 0 Å². The summed E-state index contributed by atoms with van der Waals surface area (Å²) in [7, 11) is 0. The van der Waals surface area contributed by atoms with Gasteiger partial charge in [0, 0.05) is 18.0 Å². The van der Waals surface area contributed by atoms with Crippen molar-refractivity contribution in [1.29, 1.82) is 0 Å². The molecule has 0 saturated carbocycles. The highest BCUT2D eigenvalue weighted by molar-refractivity contribution is 5.33. The molecule has 2 aromatic rings. The Morgan fingerprint density at radius 1 is 1.16 bits per heavy atom. The van der Waals surface area contributed by atoms with Crippen LogP contribution in [0, 0.1) is 0 Å². The van der Waals surface area contributed by atoms with Crippen molar-refractivity contribution in [1.82, 2.24) is 15.4 Å². The van der Waals surface area contributed by atoms with Crippen molar-refractivity contribution in [2.45, 2.75) is 19.4 Å². The summed E-state index contributed by atoms with van der Waals surface area (Å²) in [5.41, 5.74) is 4.74. The number of hydrogen-bond donors (Lipinski definition) is 2. The van der Waals surface area contributed by atoms with Crippen molar-refractivity contribution in [3.8, 4) is 5.75 Å². The van der Waals surface area contributed by atoms with E-state index >= 15 is 0 Å².